The summed E-state index contributed by atoms with van der Waals surface area (Å²) in [5, 5.41) is 28.8. The molecular formula is C22H50NO6PS. The van der Waals surface area contributed by atoms with Gasteiger partial charge >= 0.3 is 0 Å². The molecule has 0 bridgehead atoms. The third-order valence-electron chi connectivity index (χ3n) is 5.70. The molecule has 0 amide bonds. The maximum atomic E-state index is 10.2. The van der Waals surface area contributed by atoms with Crippen LogP contribution >= 0.6 is 7.26 Å². The van der Waals surface area contributed by atoms with Crippen LogP contribution in [0.5, 0.6) is 0 Å². The molecular weight excluding hydrogens is 437 g/mol. The highest BCUT2D eigenvalue weighted by Gasteiger charge is 2.34. The van der Waals surface area contributed by atoms with Crippen LogP contribution in [0.1, 0.15) is 79.1 Å². The molecule has 0 aromatic heterocycles. The lowest BCUT2D eigenvalue weighted by molar-refractivity contribution is 0.0440. The van der Waals surface area contributed by atoms with Crippen molar-refractivity contribution in [3.05, 3.63) is 0 Å². The van der Waals surface area contributed by atoms with E-state index in [2.05, 4.69) is 33.0 Å². The van der Waals surface area contributed by atoms with Crippen LogP contribution in [0, 0.1) is 0 Å². The zero-order valence-electron chi connectivity index (χ0n) is 20.4. The SMILES string of the molecule is CCCC[P+](CCCC)(CCCC)CCCC.O=S(=O)([O-])CCNC(CO)(CO)CO. The second kappa shape index (κ2) is 19.6. The summed E-state index contributed by atoms with van der Waals surface area (Å²) < 4.78 is 30.6. The van der Waals surface area contributed by atoms with Crippen LogP contribution in [0.4, 0.5) is 0 Å². The molecule has 0 aliphatic rings. The minimum absolute atomic E-state index is 0.229. The van der Waals surface area contributed by atoms with Crippen LogP contribution in [-0.4, -0.2) is 90.6 Å². The Bertz CT molecular complexity index is 454. The number of rotatable bonds is 19. The quantitative estimate of drug-likeness (QED) is 0.163. The van der Waals surface area contributed by atoms with Crippen molar-refractivity contribution in [3.8, 4) is 0 Å². The molecule has 0 heterocycles. The zero-order chi connectivity index (χ0) is 24.2. The van der Waals surface area contributed by atoms with E-state index in [1.165, 1.54) is 51.4 Å². The number of hydrogen-bond donors (Lipinski definition) is 4. The summed E-state index contributed by atoms with van der Waals surface area (Å²) in [7, 11) is -4.89. The van der Waals surface area contributed by atoms with E-state index in [-0.39, 0.29) is 6.54 Å². The first-order valence-electron chi connectivity index (χ1n) is 12.0. The average molecular weight is 488 g/mol. The van der Waals surface area contributed by atoms with Crippen LogP contribution in [0.15, 0.2) is 0 Å². The number of aliphatic hydroxyl groups excluding tert-OH is 3. The van der Waals surface area contributed by atoms with Gasteiger partial charge in [0.25, 0.3) is 0 Å². The smallest absolute Gasteiger partial charge is 0.0958 e. The molecule has 0 fully saturated rings. The lowest BCUT2D eigenvalue weighted by Gasteiger charge is -2.28. The van der Waals surface area contributed by atoms with E-state index in [0.29, 0.717) is 0 Å². The van der Waals surface area contributed by atoms with Gasteiger partial charge in [-0.25, -0.2) is 8.42 Å². The Balaban J connectivity index is 0. The fourth-order valence-electron chi connectivity index (χ4n) is 3.40. The average Bonchev–Trinajstić information content (AvgIpc) is 2.76. The molecule has 0 unspecified atom stereocenters. The van der Waals surface area contributed by atoms with Crippen molar-refractivity contribution >= 4 is 17.4 Å². The molecule has 0 atom stereocenters. The van der Waals surface area contributed by atoms with Crippen LogP contribution in [0.25, 0.3) is 0 Å². The van der Waals surface area contributed by atoms with E-state index >= 15 is 0 Å². The first kappa shape index (κ1) is 33.4. The van der Waals surface area contributed by atoms with E-state index < -0.39 is 48.5 Å². The van der Waals surface area contributed by atoms with E-state index in [1.54, 1.807) is 24.6 Å². The van der Waals surface area contributed by atoms with Crippen molar-refractivity contribution in [3.63, 3.8) is 0 Å². The van der Waals surface area contributed by atoms with Gasteiger partial charge in [0.2, 0.25) is 0 Å². The van der Waals surface area contributed by atoms with E-state index in [1.807, 2.05) is 0 Å². The summed E-state index contributed by atoms with van der Waals surface area (Å²) >= 11 is 0. The van der Waals surface area contributed by atoms with Gasteiger partial charge in [-0.15, -0.1) is 0 Å². The molecule has 0 aromatic carbocycles. The maximum Gasteiger partial charge on any atom is 0.0958 e. The third-order valence-corrected chi connectivity index (χ3v) is 11.5. The van der Waals surface area contributed by atoms with Crippen molar-refractivity contribution in [2.24, 2.45) is 0 Å². The predicted molar refractivity (Wildman–Crippen MR) is 133 cm³/mol. The minimum atomic E-state index is -4.33. The van der Waals surface area contributed by atoms with Gasteiger partial charge in [-0.05, 0) is 25.7 Å². The molecule has 0 radical (unpaired) electrons. The molecule has 0 aliphatic carbocycles. The largest absolute Gasteiger partial charge is 0.748 e. The number of aliphatic hydroxyl groups is 3. The Labute approximate surface area is 192 Å². The van der Waals surface area contributed by atoms with Gasteiger partial charge in [0.05, 0.1) is 65.9 Å². The second-order valence-corrected chi connectivity index (χ2v) is 14.6. The Morgan fingerprint density at radius 1 is 0.742 bits per heavy atom. The highest BCUT2D eigenvalue weighted by atomic mass is 32.2. The minimum Gasteiger partial charge on any atom is -0.748 e. The Morgan fingerprint density at radius 2 is 1.06 bits per heavy atom. The van der Waals surface area contributed by atoms with Crippen molar-refractivity contribution in [1.29, 1.82) is 0 Å². The number of unbranched alkanes of at least 4 members (excludes halogenated alkanes) is 4. The molecule has 0 saturated heterocycles. The number of hydrogen-bond acceptors (Lipinski definition) is 7. The van der Waals surface area contributed by atoms with Gasteiger partial charge in [0.15, 0.2) is 0 Å². The van der Waals surface area contributed by atoms with Gasteiger partial charge < -0.3 is 25.2 Å². The molecule has 190 valence electrons. The first-order valence-corrected chi connectivity index (χ1v) is 16.1. The van der Waals surface area contributed by atoms with E-state index in [0.717, 1.165) is 0 Å². The number of nitrogens with one attached hydrogen (secondary N) is 1. The maximum absolute atomic E-state index is 10.2. The Hall–Kier alpha value is 0.180. The molecule has 9 heteroatoms. The summed E-state index contributed by atoms with van der Waals surface area (Å²) in [4.78, 5) is 0. The van der Waals surface area contributed by atoms with Crippen LogP contribution in [0.3, 0.4) is 0 Å². The van der Waals surface area contributed by atoms with Crippen molar-refractivity contribution in [1.82, 2.24) is 5.32 Å². The molecule has 0 aromatic rings. The molecule has 0 aliphatic heterocycles. The molecule has 31 heavy (non-hydrogen) atoms. The molecule has 0 rings (SSSR count). The monoisotopic (exact) mass is 487 g/mol. The van der Waals surface area contributed by atoms with Gasteiger partial charge in [0.1, 0.15) is 0 Å². The summed E-state index contributed by atoms with van der Waals surface area (Å²) in [6.45, 7) is 7.52. The fourth-order valence-corrected chi connectivity index (χ4v) is 9.05. The van der Waals surface area contributed by atoms with Crippen molar-refractivity contribution in [2.45, 2.75) is 84.6 Å². The Morgan fingerprint density at radius 3 is 1.29 bits per heavy atom. The fraction of sp³-hybridized carbons (Fsp3) is 1.00. The van der Waals surface area contributed by atoms with Crippen molar-refractivity contribution in [2.75, 3.05) is 56.8 Å². The summed E-state index contributed by atoms with van der Waals surface area (Å²) in [6, 6.07) is 0. The highest BCUT2D eigenvalue weighted by Crippen LogP contribution is 2.61. The summed E-state index contributed by atoms with van der Waals surface area (Å²) in [6.07, 6.45) is 17.9. The summed E-state index contributed by atoms with van der Waals surface area (Å²) in [5.74, 6) is -0.658. The second-order valence-electron chi connectivity index (χ2n) is 8.59. The molecule has 4 N–H and O–H groups in total. The third kappa shape index (κ3) is 17.3. The first-order chi connectivity index (χ1) is 14.6. The van der Waals surface area contributed by atoms with E-state index in [4.69, 9.17) is 15.3 Å². The standard InChI is InChI=1S/C16H36P.C6H15NO6S/c1-5-9-13-17(14-10-6-2,15-11-7-3)16-12-8-4;8-3-6(4-9,5-10)7-1-2-14(11,12)13/h5-16H2,1-4H3;7-10H,1-5H2,(H,11,12,13)/q+1;/p-1. The predicted octanol–water partition coefficient (Wildman–Crippen LogP) is 3.04. The molecule has 0 spiro atoms. The lowest BCUT2D eigenvalue weighted by atomic mass is 10.0. The highest BCUT2D eigenvalue weighted by molar-refractivity contribution is 7.85. The van der Waals surface area contributed by atoms with Crippen LogP contribution < -0.4 is 5.32 Å². The van der Waals surface area contributed by atoms with Gasteiger partial charge in [-0.1, -0.05) is 53.4 Å². The topological polar surface area (TPSA) is 130 Å². The van der Waals surface area contributed by atoms with Gasteiger partial charge in [0, 0.05) is 13.8 Å². The van der Waals surface area contributed by atoms with Gasteiger partial charge in [-0.3, -0.25) is 0 Å². The van der Waals surface area contributed by atoms with Gasteiger partial charge in [-0.2, -0.15) is 0 Å². The van der Waals surface area contributed by atoms with Crippen LogP contribution in [-0.2, 0) is 10.1 Å². The molecule has 7 nitrogen and oxygen atoms in total. The summed E-state index contributed by atoms with van der Waals surface area (Å²) in [5.41, 5.74) is -1.34. The normalized spacial score (nSPS) is 12.5. The Kier molecular flexibility index (Phi) is 21.1. The van der Waals surface area contributed by atoms with Crippen molar-refractivity contribution < 1.29 is 28.3 Å². The lowest BCUT2D eigenvalue weighted by Crippen LogP contribution is -2.55. The molecule has 0 saturated carbocycles. The van der Waals surface area contributed by atoms with E-state index in [9.17, 15) is 13.0 Å². The van der Waals surface area contributed by atoms with Crippen LogP contribution in [0.2, 0.25) is 0 Å². The zero-order valence-corrected chi connectivity index (χ0v) is 22.2.